The quantitative estimate of drug-likeness (QED) is 0.739. The monoisotopic (exact) mass is 270 g/mol. The molecule has 0 radical (unpaired) electrons. The van der Waals surface area contributed by atoms with Gasteiger partial charge in [-0.05, 0) is 18.6 Å². The third-order valence-corrected chi connectivity index (χ3v) is 5.29. The number of unbranched alkanes of at least 4 members (excludes halogenated alkanes) is 3. The molecule has 3 nitrogen and oxygen atoms in total. The standard InChI is InChI=1S/C14H22O3S/c1-2-3-4-6-11-14(12-15)18(16,17)13-9-7-5-8-10-13/h5,7-10,14-15H,2-4,6,11-12H2,1H3. The van der Waals surface area contributed by atoms with Crippen LogP contribution in [0.1, 0.15) is 39.0 Å². The summed E-state index contributed by atoms with van der Waals surface area (Å²) >= 11 is 0. The summed E-state index contributed by atoms with van der Waals surface area (Å²) < 4.78 is 24.5. The summed E-state index contributed by atoms with van der Waals surface area (Å²) in [5.41, 5.74) is 0. The van der Waals surface area contributed by atoms with Crippen LogP contribution in [-0.2, 0) is 9.84 Å². The van der Waals surface area contributed by atoms with E-state index in [2.05, 4.69) is 6.92 Å². The van der Waals surface area contributed by atoms with E-state index in [1.165, 1.54) is 0 Å². The van der Waals surface area contributed by atoms with Crippen LogP contribution in [0, 0.1) is 0 Å². The molecule has 0 saturated carbocycles. The van der Waals surface area contributed by atoms with E-state index in [0.29, 0.717) is 11.3 Å². The Morgan fingerprint density at radius 3 is 2.33 bits per heavy atom. The Morgan fingerprint density at radius 1 is 1.11 bits per heavy atom. The van der Waals surface area contributed by atoms with Gasteiger partial charge in [-0.15, -0.1) is 0 Å². The maximum absolute atomic E-state index is 12.3. The molecule has 4 heteroatoms. The Balaban J connectivity index is 2.69. The Bertz CT molecular complexity index is 426. The second-order valence-corrected chi connectivity index (χ2v) is 6.74. The van der Waals surface area contributed by atoms with Gasteiger partial charge in [0.05, 0.1) is 16.8 Å². The molecule has 0 bridgehead atoms. The molecular weight excluding hydrogens is 248 g/mol. The fourth-order valence-corrected chi connectivity index (χ4v) is 3.54. The van der Waals surface area contributed by atoms with Gasteiger partial charge in [-0.2, -0.15) is 0 Å². The normalized spacial score (nSPS) is 13.4. The van der Waals surface area contributed by atoms with Crippen molar-refractivity contribution >= 4 is 9.84 Å². The zero-order valence-electron chi connectivity index (χ0n) is 10.9. The van der Waals surface area contributed by atoms with Crippen LogP contribution in [-0.4, -0.2) is 25.4 Å². The molecule has 0 spiro atoms. The molecule has 102 valence electrons. The highest BCUT2D eigenvalue weighted by Gasteiger charge is 2.25. The van der Waals surface area contributed by atoms with Crippen LogP contribution < -0.4 is 0 Å². The van der Waals surface area contributed by atoms with Crippen LogP contribution in [0.25, 0.3) is 0 Å². The van der Waals surface area contributed by atoms with Crippen molar-refractivity contribution in [1.29, 1.82) is 0 Å². The molecule has 18 heavy (non-hydrogen) atoms. The molecule has 1 aromatic rings. The first-order chi connectivity index (χ1) is 8.62. The maximum Gasteiger partial charge on any atom is 0.183 e. The van der Waals surface area contributed by atoms with Gasteiger partial charge >= 0.3 is 0 Å². The lowest BCUT2D eigenvalue weighted by molar-refractivity contribution is 0.283. The van der Waals surface area contributed by atoms with Gasteiger partial charge in [0, 0.05) is 0 Å². The predicted octanol–water partition coefficient (Wildman–Crippen LogP) is 2.79. The maximum atomic E-state index is 12.3. The number of aliphatic hydroxyl groups is 1. The van der Waals surface area contributed by atoms with Gasteiger partial charge in [-0.25, -0.2) is 8.42 Å². The molecule has 1 rings (SSSR count). The van der Waals surface area contributed by atoms with Gasteiger partial charge in [0.2, 0.25) is 0 Å². The second-order valence-electron chi connectivity index (χ2n) is 4.51. The minimum Gasteiger partial charge on any atom is -0.395 e. The summed E-state index contributed by atoms with van der Waals surface area (Å²) in [4.78, 5) is 0.305. The average Bonchev–Trinajstić information content (AvgIpc) is 2.39. The fourth-order valence-electron chi connectivity index (χ4n) is 1.95. The van der Waals surface area contributed by atoms with Gasteiger partial charge in [-0.3, -0.25) is 0 Å². The van der Waals surface area contributed by atoms with E-state index in [1.54, 1.807) is 30.3 Å². The molecule has 0 aliphatic carbocycles. The highest BCUT2D eigenvalue weighted by molar-refractivity contribution is 7.92. The van der Waals surface area contributed by atoms with Crippen molar-refractivity contribution in [3.8, 4) is 0 Å². The van der Waals surface area contributed by atoms with Crippen molar-refractivity contribution < 1.29 is 13.5 Å². The highest BCUT2D eigenvalue weighted by atomic mass is 32.2. The average molecular weight is 270 g/mol. The highest BCUT2D eigenvalue weighted by Crippen LogP contribution is 2.20. The Hall–Kier alpha value is -0.870. The molecule has 0 aliphatic heterocycles. The lowest BCUT2D eigenvalue weighted by Crippen LogP contribution is -2.25. The zero-order valence-corrected chi connectivity index (χ0v) is 11.7. The molecule has 1 atom stereocenters. The molecule has 0 aliphatic rings. The van der Waals surface area contributed by atoms with Gasteiger partial charge in [0.25, 0.3) is 0 Å². The first kappa shape index (κ1) is 15.2. The summed E-state index contributed by atoms with van der Waals surface area (Å²) in [7, 11) is -3.39. The summed E-state index contributed by atoms with van der Waals surface area (Å²) in [5, 5.41) is 8.63. The second kappa shape index (κ2) is 7.54. The van der Waals surface area contributed by atoms with E-state index >= 15 is 0 Å². The fraction of sp³-hybridized carbons (Fsp3) is 0.571. The minimum atomic E-state index is -3.39. The third kappa shape index (κ3) is 4.10. The van der Waals surface area contributed by atoms with Crippen LogP contribution in [0.2, 0.25) is 0 Å². The molecule has 0 saturated heterocycles. The largest absolute Gasteiger partial charge is 0.395 e. The number of sulfone groups is 1. The molecule has 0 aromatic heterocycles. The lowest BCUT2D eigenvalue weighted by atomic mass is 10.1. The van der Waals surface area contributed by atoms with E-state index in [0.717, 1.165) is 25.7 Å². The summed E-state index contributed by atoms with van der Waals surface area (Å²) in [6.45, 7) is 1.81. The number of aliphatic hydroxyl groups excluding tert-OH is 1. The number of hydrogen-bond acceptors (Lipinski definition) is 3. The van der Waals surface area contributed by atoms with Gasteiger partial charge < -0.3 is 5.11 Å². The van der Waals surface area contributed by atoms with Crippen molar-refractivity contribution in [2.45, 2.75) is 49.2 Å². The first-order valence-corrected chi connectivity index (χ1v) is 8.07. The molecular formula is C14H22O3S. The molecule has 0 heterocycles. The smallest absolute Gasteiger partial charge is 0.183 e. The molecule has 1 N–H and O–H groups in total. The Kier molecular flexibility index (Phi) is 6.36. The molecule has 1 unspecified atom stereocenters. The summed E-state index contributed by atoms with van der Waals surface area (Å²) in [5.74, 6) is 0. The minimum absolute atomic E-state index is 0.302. The van der Waals surface area contributed by atoms with Crippen molar-refractivity contribution in [2.24, 2.45) is 0 Å². The van der Waals surface area contributed by atoms with Gasteiger partial charge in [0.1, 0.15) is 0 Å². The molecule has 0 fully saturated rings. The lowest BCUT2D eigenvalue weighted by Gasteiger charge is -2.15. The topological polar surface area (TPSA) is 54.4 Å². The van der Waals surface area contributed by atoms with Crippen LogP contribution in [0.3, 0.4) is 0 Å². The SMILES string of the molecule is CCCCCCC(CO)S(=O)(=O)c1ccccc1. The third-order valence-electron chi connectivity index (χ3n) is 3.09. The summed E-state index contributed by atoms with van der Waals surface area (Å²) in [6, 6.07) is 8.37. The Labute approximate surface area is 110 Å². The number of rotatable bonds is 8. The molecule has 1 aromatic carbocycles. The first-order valence-electron chi connectivity index (χ1n) is 6.52. The van der Waals surface area contributed by atoms with Crippen LogP contribution >= 0.6 is 0 Å². The predicted molar refractivity (Wildman–Crippen MR) is 73.3 cm³/mol. The van der Waals surface area contributed by atoms with E-state index in [1.807, 2.05) is 0 Å². The van der Waals surface area contributed by atoms with Crippen LogP contribution in [0.5, 0.6) is 0 Å². The van der Waals surface area contributed by atoms with E-state index in [9.17, 15) is 13.5 Å². The van der Waals surface area contributed by atoms with Crippen molar-refractivity contribution in [2.75, 3.05) is 6.61 Å². The Morgan fingerprint density at radius 2 is 1.78 bits per heavy atom. The molecule has 0 amide bonds. The van der Waals surface area contributed by atoms with E-state index in [-0.39, 0.29) is 6.61 Å². The number of hydrogen-bond donors (Lipinski definition) is 1. The van der Waals surface area contributed by atoms with Crippen molar-refractivity contribution in [3.05, 3.63) is 30.3 Å². The number of benzene rings is 1. The van der Waals surface area contributed by atoms with E-state index in [4.69, 9.17) is 0 Å². The van der Waals surface area contributed by atoms with Crippen LogP contribution in [0.4, 0.5) is 0 Å². The van der Waals surface area contributed by atoms with Crippen molar-refractivity contribution in [3.63, 3.8) is 0 Å². The van der Waals surface area contributed by atoms with E-state index < -0.39 is 15.1 Å². The summed E-state index contributed by atoms with van der Waals surface area (Å²) in [6.07, 6.45) is 4.65. The van der Waals surface area contributed by atoms with Crippen molar-refractivity contribution in [1.82, 2.24) is 0 Å². The van der Waals surface area contributed by atoms with Gasteiger partial charge in [0.15, 0.2) is 9.84 Å². The zero-order chi connectivity index (χ0) is 13.4. The van der Waals surface area contributed by atoms with Gasteiger partial charge in [-0.1, -0.05) is 50.8 Å². The van der Waals surface area contributed by atoms with Crippen LogP contribution in [0.15, 0.2) is 35.2 Å².